The van der Waals surface area contributed by atoms with Crippen molar-refractivity contribution in [2.45, 2.75) is 33.5 Å². The smallest absolute Gasteiger partial charge is 0.324 e. The lowest BCUT2D eigenvalue weighted by Crippen LogP contribution is -2.49. The summed E-state index contributed by atoms with van der Waals surface area (Å²) in [4.78, 5) is 24.4. The summed E-state index contributed by atoms with van der Waals surface area (Å²) in [5, 5.41) is 0. The van der Waals surface area contributed by atoms with Gasteiger partial charge in [-0.15, -0.1) is 0 Å². The number of hydrogen-bond acceptors (Lipinski definition) is 4. The molecule has 1 aromatic carbocycles. The first-order valence-electron chi connectivity index (χ1n) is 7.32. The molecule has 1 saturated heterocycles. The van der Waals surface area contributed by atoms with Crippen molar-refractivity contribution < 1.29 is 19.1 Å². The maximum atomic E-state index is 12.2. The van der Waals surface area contributed by atoms with Crippen molar-refractivity contribution in [2.24, 2.45) is 17.8 Å². The molecule has 0 spiro atoms. The molecule has 116 valence electrons. The zero-order valence-corrected chi connectivity index (χ0v) is 13.3. The van der Waals surface area contributed by atoms with Crippen molar-refractivity contribution in [2.75, 3.05) is 0 Å². The molecule has 22 heavy (non-hydrogen) atoms. The first-order valence-corrected chi connectivity index (χ1v) is 7.32. The normalized spacial score (nSPS) is 19.0. The SMILES string of the molecule is CC(C)C(C#Cc1ccccc1)C1C(=O)OC(C)(C)OC1=O. The number of carbonyl (C=O) groups is 2. The molecule has 1 aliphatic heterocycles. The van der Waals surface area contributed by atoms with E-state index < -0.39 is 29.6 Å². The lowest BCUT2D eigenvalue weighted by Gasteiger charge is -2.35. The molecule has 4 heteroatoms. The van der Waals surface area contributed by atoms with E-state index >= 15 is 0 Å². The lowest BCUT2D eigenvalue weighted by atomic mass is 9.83. The van der Waals surface area contributed by atoms with Crippen molar-refractivity contribution in [3.63, 3.8) is 0 Å². The van der Waals surface area contributed by atoms with E-state index in [1.165, 1.54) is 0 Å². The minimum Gasteiger partial charge on any atom is -0.422 e. The quantitative estimate of drug-likeness (QED) is 0.479. The predicted octanol–water partition coefficient (Wildman–Crippen LogP) is 2.76. The fraction of sp³-hybridized carbons (Fsp3) is 0.444. The average Bonchev–Trinajstić information content (AvgIpc) is 2.41. The van der Waals surface area contributed by atoms with Crippen LogP contribution in [0.2, 0.25) is 0 Å². The number of cyclic esters (lactones) is 2. The maximum absolute atomic E-state index is 12.2. The van der Waals surface area contributed by atoms with E-state index in [0.717, 1.165) is 5.56 Å². The molecular formula is C18H20O4. The second-order valence-corrected chi connectivity index (χ2v) is 6.12. The van der Waals surface area contributed by atoms with Gasteiger partial charge in [-0.3, -0.25) is 9.59 Å². The second-order valence-electron chi connectivity index (χ2n) is 6.12. The Hall–Kier alpha value is -2.28. The van der Waals surface area contributed by atoms with Crippen molar-refractivity contribution >= 4 is 11.9 Å². The van der Waals surface area contributed by atoms with Crippen LogP contribution in [-0.4, -0.2) is 17.7 Å². The van der Waals surface area contributed by atoms with Crippen LogP contribution in [-0.2, 0) is 19.1 Å². The minimum atomic E-state index is -1.21. The molecule has 0 saturated carbocycles. The van der Waals surface area contributed by atoms with Gasteiger partial charge < -0.3 is 9.47 Å². The average molecular weight is 300 g/mol. The minimum absolute atomic E-state index is 0.0162. The molecule has 0 bridgehead atoms. The molecule has 1 atom stereocenters. The van der Waals surface area contributed by atoms with Crippen LogP contribution in [0.4, 0.5) is 0 Å². The number of carbonyl (C=O) groups excluding carboxylic acids is 2. The molecule has 1 unspecified atom stereocenters. The van der Waals surface area contributed by atoms with Gasteiger partial charge in [-0.05, 0) is 18.1 Å². The molecular weight excluding hydrogens is 280 g/mol. The van der Waals surface area contributed by atoms with E-state index in [2.05, 4.69) is 11.8 Å². The Labute approximate surface area is 130 Å². The van der Waals surface area contributed by atoms with Gasteiger partial charge in [-0.25, -0.2) is 0 Å². The van der Waals surface area contributed by atoms with Gasteiger partial charge in [0, 0.05) is 25.3 Å². The maximum Gasteiger partial charge on any atom is 0.324 e. The topological polar surface area (TPSA) is 52.6 Å². The van der Waals surface area contributed by atoms with Crippen molar-refractivity contribution in [3.05, 3.63) is 35.9 Å². The standard InChI is InChI=1S/C18H20O4/c1-12(2)14(11-10-13-8-6-5-7-9-13)15-16(19)21-18(3,4)22-17(15)20/h5-9,12,14-15H,1-4H3. The Morgan fingerprint density at radius 1 is 1.05 bits per heavy atom. The first kappa shape index (κ1) is 16.1. The summed E-state index contributed by atoms with van der Waals surface area (Å²) in [6, 6.07) is 9.44. The van der Waals surface area contributed by atoms with Crippen molar-refractivity contribution in [1.82, 2.24) is 0 Å². The van der Waals surface area contributed by atoms with E-state index in [4.69, 9.17) is 9.47 Å². The van der Waals surface area contributed by atoms with Crippen LogP contribution >= 0.6 is 0 Å². The third-order valence-electron chi connectivity index (χ3n) is 3.43. The Kier molecular flexibility index (Phi) is 4.56. The lowest BCUT2D eigenvalue weighted by molar-refractivity contribution is -0.242. The number of rotatable bonds is 2. The van der Waals surface area contributed by atoms with Crippen LogP contribution < -0.4 is 0 Å². The van der Waals surface area contributed by atoms with Gasteiger partial charge >= 0.3 is 11.9 Å². The van der Waals surface area contributed by atoms with Gasteiger partial charge in [-0.1, -0.05) is 43.9 Å². The second kappa shape index (κ2) is 6.23. The summed E-state index contributed by atoms with van der Waals surface area (Å²) < 4.78 is 10.4. The highest BCUT2D eigenvalue weighted by molar-refractivity contribution is 5.97. The van der Waals surface area contributed by atoms with E-state index in [-0.39, 0.29) is 5.92 Å². The molecule has 2 rings (SSSR count). The molecule has 0 aromatic heterocycles. The molecule has 4 nitrogen and oxygen atoms in total. The third-order valence-corrected chi connectivity index (χ3v) is 3.43. The number of esters is 2. The third kappa shape index (κ3) is 3.67. The van der Waals surface area contributed by atoms with Crippen molar-refractivity contribution in [1.29, 1.82) is 0 Å². The summed E-state index contributed by atoms with van der Waals surface area (Å²) in [5.74, 6) is 2.29. The van der Waals surface area contributed by atoms with Crippen molar-refractivity contribution in [3.8, 4) is 11.8 Å². The summed E-state index contributed by atoms with van der Waals surface area (Å²) in [6.07, 6.45) is 0. The molecule has 0 aliphatic carbocycles. The highest BCUT2D eigenvalue weighted by Gasteiger charge is 2.47. The van der Waals surface area contributed by atoms with E-state index in [1.54, 1.807) is 13.8 Å². The molecule has 1 heterocycles. The van der Waals surface area contributed by atoms with Gasteiger partial charge in [0.25, 0.3) is 5.79 Å². The van der Waals surface area contributed by atoms with Gasteiger partial charge in [0.1, 0.15) is 0 Å². The highest BCUT2D eigenvalue weighted by Crippen LogP contribution is 2.31. The monoisotopic (exact) mass is 300 g/mol. The van der Waals surface area contributed by atoms with E-state index in [1.807, 2.05) is 44.2 Å². The largest absolute Gasteiger partial charge is 0.422 e. The predicted molar refractivity (Wildman–Crippen MR) is 81.4 cm³/mol. The zero-order valence-electron chi connectivity index (χ0n) is 13.3. The van der Waals surface area contributed by atoms with Crippen LogP contribution in [0, 0.1) is 29.6 Å². The van der Waals surface area contributed by atoms with Crippen LogP contribution in [0.1, 0.15) is 33.3 Å². The molecule has 0 N–H and O–H groups in total. The van der Waals surface area contributed by atoms with Gasteiger partial charge in [0.05, 0.1) is 0 Å². The fourth-order valence-electron chi connectivity index (χ4n) is 2.34. The molecule has 0 radical (unpaired) electrons. The first-order chi connectivity index (χ1) is 10.3. The number of hydrogen-bond donors (Lipinski definition) is 0. The summed E-state index contributed by atoms with van der Waals surface area (Å²) in [6.45, 7) is 6.92. The van der Waals surface area contributed by atoms with Gasteiger partial charge in [0.15, 0.2) is 5.92 Å². The molecule has 1 aliphatic rings. The van der Waals surface area contributed by atoms with Gasteiger partial charge in [0.2, 0.25) is 0 Å². The summed E-state index contributed by atoms with van der Waals surface area (Å²) in [5.41, 5.74) is 0.839. The van der Waals surface area contributed by atoms with Crippen LogP contribution in [0.15, 0.2) is 30.3 Å². The summed E-state index contributed by atoms with van der Waals surface area (Å²) >= 11 is 0. The molecule has 1 fully saturated rings. The fourth-order valence-corrected chi connectivity index (χ4v) is 2.34. The Bertz CT molecular complexity index is 599. The summed E-state index contributed by atoms with van der Waals surface area (Å²) in [7, 11) is 0. The molecule has 0 amide bonds. The Balaban J connectivity index is 2.27. The number of benzene rings is 1. The van der Waals surface area contributed by atoms with E-state index in [0.29, 0.717) is 0 Å². The number of ether oxygens (including phenoxy) is 2. The van der Waals surface area contributed by atoms with Crippen LogP contribution in [0.3, 0.4) is 0 Å². The van der Waals surface area contributed by atoms with E-state index in [9.17, 15) is 9.59 Å². The zero-order chi connectivity index (χ0) is 16.3. The Morgan fingerprint density at radius 3 is 2.09 bits per heavy atom. The Morgan fingerprint density at radius 2 is 1.59 bits per heavy atom. The van der Waals surface area contributed by atoms with Crippen LogP contribution in [0.25, 0.3) is 0 Å². The highest BCUT2D eigenvalue weighted by atomic mass is 16.7. The van der Waals surface area contributed by atoms with Crippen LogP contribution in [0.5, 0.6) is 0 Å². The molecule has 1 aromatic rings. The van der Waals surface area contributed by atoms with Gasteiger partial charge in [-0.2, -0.15) is 0 Å².